The first-order valence-corrected chi connectivity index (χ1v) is 6.38. The number of H-pyrrole nitrogens is 1. The standard InChI is InChI=1S/C13H15BrN2O/c1-7(2)5-8-6-10-11(14)4-3-9(13(15)17)12(10)16-8/h3-4,6-7,16H,5H2,1-2H3,(H2,15,17). The van der Waals surface area contributed by atoms with Gasteiger partial charge in [-0.3, -0.25) is 4.79 Å². The van der Waals surface area contributed by atoms with Crippen LogP contribution in [0, 0.1) is 5.92 Å². The molecule has 1 aromatic heterocycles. The minimum atomic E-state index is -0.402. The van der Waals surface area contributed by atoms with Gasteiger partial charge in [0.05, 0.1) is 11.1 Å². The summed E-state index contributed by atoms with van der Waals surface area (Å²) in [6, 6.07) is 5.67. The van der Waals surface area contributed by atoms with Gasteiger partial charge in [0.15, 0.2) is 0 Å². The van der Waals surface area contributed by atoms with Gasteiger partial charge in [0.1, 0.15) is 0 Å². The summed E-state index contributed by atoms with van der Waals surface area (Å²) in [5.74, 6) is 0.166. The first kappa shape index (κ1) is 12.2. The van der Waals surface area contributed by atoms with Gasteiger partial charge >= 0.3 is 0 Å². The molecule has 1 heterocycles. The van der Waals surface area contributed by atoms with Gasteiger partial charge in [0, 0.05) is 15.6 Å². The van der Waals surface area contributed by atoms with Crippen molar-refractivity contribution in [1.82, 2.24) is 4.98 Å². The van der Waals surface area contributed by atoms with Gasteiger partial charge in [-0.2, -0.15) is 0 Å². The summed E-state index contributed by atoms with van der Waals surface area (Å²) in [6.07, 6.45) is 0.958. The topological polar surface area (TPSA) is 58.9 Å². The fourth-order valence-corrected chi connectivity index (χ4v) is 2.44. The molecule has 0 saturated heterocycles. The number of fused-ring (bicyclic) bond motifs is 1. The van der Waals surface area contributed by atoms with Crippen LogP contribution in [0.25, 0.3) is 10.9 Å². The smallest absolute Gasteiger partial charge is 0.250 e. The van der Waals surface area contributed by atoms with Crippen LogP contribution in [0.4, 0.5) is 0 Å². The Balaban J connectivity index is 2.61. The molecule has 4 heteroatoms. The number of carbonyl (C=O) groups excluding carboxylic acids is 1. The van der Waals surface area contributed by atoms with Crippen molar-refractivity contribution in [3.63, 3.8) is 0 Å². The highest BCUT2D eigenvalue weighted by Gasteiger charge is 2.12. The molecule has 0 fully saturated rings. The van der Waals surface area contributed by atoms with Crippen molar-refractivity contribution in [3.05, 3.63) is 33.9 Å². The minimum absolute atomic E-state index is 0.402. The molecule has 0 spiro atoms. The fourth-order valence-electron chi connectivity index (χ4n) is 2.00. The molecule has 3 nitrogen and oxygen atoms in total. The molecular weight excluding hydrogens is 280 g/mol. The summed E-state index contributed by atoms with van der Waals surface area (Å²) in [6.45, 7) is 4.32. The number of nitrogens with one attached hydrogen (secondary N) is 1. The maximum absolute atomic E-state index is 11.3. The first-order chi connectivity index (χ1) is 7.99. The fraction of sp³-hybridized carbons (Fsp3) is 0.308. The highest BCUT2D eigenvalue weighted by atomic mass is 79.9. The van der Waals surface area contributed by atoms with E-state index in [1.165, 1.54) is 0 Å². The van der Waals surface area contributed by atoms with Gasteiger partial charge in [-0.1, -0.05) is 29.8 Å². The molecular formula is C13H15BrN2O. The lowest BCUT2D eigenvalue weighted by Gasteiger charge is -2.01. The molecule has 0 saturated carbocycles. The molecule has 0 aliphatic heterocycles. The van der Waals surface area contributed by atoms with E-state index in [0.717, 1.165) is 27.5 Å². The number of hydrogen-bond acceptors (Lipinski definition) is 1. The maximum atomic E-state index is 11.3. The second-order valence-corrected chi connectivity index (χ2v) is 5.49. The zero-order valence-electron chi connectivity index (χ0n) is 9.88. The molecule has 0 aliphatic carbocycles. The lowest BCUT2D eigenvalue weighted by molar-refractivity contribution is 0.100. The Morgan fingerprint density at radius 2 is 2.18 bits per heavy atom. The molecule has 17 heavy (non-hydrogen) atoms. The number of carbonyl (C=O) groups is 1. The van der Waals surface area contributed by atoms with Crippen LogP contribution in [0.15, 0.2) is 22.7 Å². The summed E-state index contributed by atoms with van der Waals surface area (Å²) >= 11 is 3.49. The second kappa shape index (κ2) is 4.53. The number of amides is 1. The average Bonchev–Trinajstić information content (AvgIpc) is 2.60. The number of nitrogens with two attached hydrogens (primary N) is 1. The van der Waals surface area contributed by atoms with Crippen LogP contribution in [0.5, 0.6) is 0 Å². The molecule has 2 aromatic rings. The van der Waals surface area contributed by atoms with E-state index in [0.29, 0.717) is 11.5 Å². The Labute approximate surface area is 109 Å². The average molecular weight is 295 g/mol. The van der Waals surface area contributed by atoms with Crippen molar-refractivity contribution >= 4 is 32.7 Å². The lowest BCUT2D eigenvalue weighted by atomic mass is 10.1. The van der Waals surface area contributed by atoms with Gasteiger partial charge in [-0.05, 0) is 30.5 Å². The quantitative estimate of drug-likeness (QED) is 0.897. The summed E-state index contributed by atoms with van der Waals surface area (Å²) in [4.78, 5) is 14.6. The van der Waals surface area contributed by atoms with E-state index in [1.54, 1.807) is 6.07 Å². The summed E-state index contributed by atoms with van der Waals surface area (Å²) < 4.78 is 0.976. The van der Waals surface area contributed by atoms with Gasteiger partial charge in [0.25, 0.3) is 5.91 Å². The SMILES string of the molecule is CC(C)Cc1cc2c(Br)ccc(C(N)=O)c2[nH]1. The van der Waals surface area contributed by atoms with Crippen LogP contribution in [0.1, 0.15) is 29.9 Å². The minimum Gasteiger partial charge on any atom is -0.366 e. The Kier molecular flexibility index (Phi) is 3.24. The Hall–Kier alpha value is -1.29. The Morgan fingerprint density at radius 3 is 2.76 bits per heavy atom. The van der Waals surface area contributed by atoms with E-state index in [-0.39, 0.29) is 0 Å². The third kappa shape index (κ3) is 2.36. The van der Waals surface area contributed by atoms with E-state index in [2.05, 4.69) is 40.8 Å². The van der Waals surface area contributed by atoms with Gasteiger partial charge in [0.2, 0.25) is 0 Å². The number of aromatic amines is 1. The number of hydrogen-bond donors (Lipinski definition) is 2. The number of halogens is 1. The molecule has 0 aliphatic rings. The Morgan fingerprint density at radius 1 is 1.47 bits per heavy atom. The lowest BCUT2D eigenvalue weighted by Crippen LogP contribution is -2.11. The highest BCUT2D eigenvalue weighted by molar-refractivity contribution is 9.10. The van der Waals surface area contributed by atoms with Crippen molar-refractivity contribution in [3.8, 4) is 0 Å². The molecule has 0 radical (unpaired) electrons. The zero-order valence-corrected chi connectivity index (χ0v) is 11.5. The third-order valence-electron chi connectivity index (χ3n) is 2.69. The number of primary amides is 1. The predicted molar refractivity (Wildman–Crippen MR) is 73.1 cm³/mol. The van der Waals surface area contributed by atoms with Crippen molar-refractivity contribution in [2.24, 2.45) is 11.7 Å². The maximum Gasteiger partial charge on any atom is 0.250 e. The molecule has 90 valence electrons. The van der Waals surface area contributed by atoms with Crippen LogP contribution in [-0.4, -0.2) is 10.9 Å². The molecule has 3 N–H and O–H groups in total. The van der Waals surface area contributed by atoms with E-state index >= 15 is 0 Å². The predicted octanol–water partition coefficient (Wildman–Crippen LogP) is 3.23. The van der Waals surface area contributed by atoms with Gasteiger partial charge < -0.3 is 10.7 Å². The summed E-state index contributed by atoms with van der Waals surface area (Å²) in [5.41, 5.74) is 7.86. The normalized spacial score (nSPS) is 11.3. The molecule has 0 unspecified atom stereocenters. The van der Waals surface area contributed by atoms with Crippen LogP contribution < -0.4 is 5.73 Å². The van der Waals surface area contributed by atoms with E-state index < -0.39 is 5.91 Å². The molecule has 0 atom stereocenters. The Bertz CT molecular complexity index is 572. The van der Waals surface area contributed by atoms with Crippen molar-refractivity contribution < 1.29 is 4.79 Å². The molecule has 1 aromatic carbocycles. The second-order valence-electron chi connectivity index (χ2n) is 4.64. The highest BCUT2D eigenvalue weighted by Crippen LogP contribution is 2.28. The number of benzene rings is 1. The van der Waals surface area contributed by atoms with E-state index in [9.17, 15) is 4.79 Å². The molecule has 1 amide bonds. The van der Waals surface area contributed by atoms with Crippen molar-refractivity contribution in [2.45, 2.75) is 20.3 Å². The van der Waals surface area contributed by atoms with E-state index in [4.69, 9.17) is 5.73 Å². The largest absolute Gasteiger partial charge is 0.366 e. The van der Waals surface area contributed by atoms with Crippen LogP contribution in [0.2, 0.25) is 0 Å². The number of rotatable bonds is 3. The molecule has 2 rings (SSSR count). The van der Waals surface area contributed by atoms with Crippen molar-refractivity contribution in [2.75, 3.05) is 0 Å². The van der Waals surface area contributed by atoms with Crippen LogP contribution >= 0.6 is 15.9 Å². The summed E-state index contributed by atoms with van der Waals surface area (Å²) in [7, 11) is 0. The summed E-state index contributed by atoms with van der Waals surface area (Å²) in [5, 5.41) is 1.01. The van der Waals surface area contributed by atoms with Crippen molar-refractivity contribution in [1.29, 1.82) is 0 Å². The van der Waals surface area contributed by atoms with Crippen LogP contribution in [0.3, 0.4) is 0 Å². The van der Waals surface area contributed by atoms with Gasteiger partial charge in [-0.15, -0.1) is 0 Å². The number of aromatic nitrogens is 1. The van der Waals surface area contributed by atoms with Gasteiger partial charge in [-0.25, -0.2) is 0 Å². The zero-order chi connectivity index (χ0) is 12.6. The first-order valence-electron chi connectivity index (χ1n) is 5.59. The van der Waals surface area contributed by atoms with E-state index in [1.807, 2.05) is 6.07 Å². The van der Waals surface area contributed by atoms with Crippen LogP contribution in [-0.2, 0) is 6.42 Å². The monoisotopic (exact) mass is 294 g/mol. The molecule has 0 bridgehead atoms. The third-order valence-corrected chi connectivity index (χ3v) is 3.38.